The van der Waals surface area contributed by atoms with Gasteiger partial charge in [-0.25, -0.2) is 9.07 Å². The monoisotopic (exact) mass is 467 g/mol. The van der Waals surface area contributed by atoms with Gasteiger partial charge in [0.1, 0.15) is 0 Å². The number of halogens is 1. The SMILES string of the molecule is Cc1nn(-c2ccccc2)c(Oc2ccccc2F)c1CN(C[C@H](O)COC(C)(C)C)C1CC1. The molecule has 34 heavy (non-hydrogen) atoms. The van der Waals surface area contributed by atoms with Gasteiger partial charge >= 0.3 is 0 Å². The molecule has 2 aromatic carbocycles. The van der Waals surface area contributed by atoms with Crippen LogP contribution in [0, 0.1) is 12.7 Å². The molecule has 182 valence electrons. The van der Waals surface area contributed by atoms with E-state index >= 15 is 0 Å². The van der Waals surface area contributed by atoms with Crippen LogP contribution in [0.2, 0.25) is 0 Å². The van der Waals surface area contributed by atoms with Gasteiger partial charge in [0.15, 0.2) is 11.6 Å². The lowest BCUT2D eigenvalue weighted by Crippen LogP contribution is -2.38. The number of nitrogens with zero attached hydrogens (tertiary/aromatic N) is 3. The summed E-state index contributed by atoms with van der Waals surface area (Å²) in [6, 6.07) is 16.5. The zero-order valence-electron chi connectivity index (χ0n) is 20.4. The van der Waals surface area contributed by atoms with Crippen LogP contribution in [0.4, 0.5) is 4.39 Å². The molecule has 1 aliphatic carbocycles. The van der Waals surface area contributed by atoms with Crippen molar-refractivity contribution < 1.29 is 19.0 Å². The summed E-state index contributed by atoms with van der Waals surface area (Å²) in [6.07, 6.45) is 1.56. The molecular weight excluding hydrogens is 433 g/mol. The van der Waals surface area contributed by atoms with Crippen molar-refractivity contribution in [2.24, 2.45) is 0 Å². The quantitative estimate of drug-likeness (QED) is 0.441. The molecule has 0 aliphatic heterocycles. The molecule has 0 radical (unpaired) electrons. The summed E-state index contributed by atoms with van der Waals surface area (Å²) in [5, 5.41) is 15.4. The Morgan fingerprint density at radius 3 is 2.44 bits per heavy atom. The zero-order valence-corrected chi connectivity index (χ0v) is 20.4. The van der Waals surface area contributed by atoms with Crippen LogP contribution in [0.5, 0.6) is 11.6 Å². The van der Waals surface area contributed by atoms with Crippen LogP contribution in [0.1, 0.15) is 44.9 Å². The van der Waals surface area contributed by atoms with Gasteiger partial charge in [0.25, 0.3) is 0 Å². The van der Waals surface area contributed by atoms with E-state index in [9.17, 15) is 9.50 Å². The Balaban J connectivity index is 1.63. The van der Waals surface area contributed by atoms with E-state index in [1.807, 2.05) is 58.0 Å². The molecule has 1 fully saturated rings. The standard InChI is InChI=1S/C27H34FN3O3/c1-19-23(17-30(20-14-15-20)16-22(32)18-33-27(2,3)4)26(34-25-13-9-8-12-24(25)28)31(29-19)21-10-6-5-7-11-21/h5-13,20,22,32H,14-18H2,1-4H3/t22-/m0/s1. The highest BCUT2D eigenvalue weighted by Crippen LogP contribution is 2.35. The highest BCUT2D eigenvalue weighted by molar-refractivity contribution is 5.43. The van der Waals surface area contributed by atoms with E-state index in [1.165, 1.54) is 6.07 Å². The summed E-state index contributed by atoms with van der Waals surface area (Å²) in [5.41, 5.74) is 2.21. The van der Waals surface area contributed by atoms with Crippen LogP contribution in [0.3, 0.4) is 0 Å². The third-order valence-corrected chi connectivity index (χ3v) is 5.76. The molecule has 0 bridgehead atoms. The average Bonchev–Trinajstić information content (AvgIpc) is 3.60. The second-order valence-corrected chi connectivity index (χ2v) is 9.89. The highest BCUT2D eigenvalue weighted by Gasteiger charge is 2.33. The summed E-state index contributed by atoms with van der Waals surface area (Å²) in [4.78, 5) is 2.25. The molecule has 0 spiro atoms. The van der Waals surface area contributed by atoms with Gasteiger partial charge in [-0.1, -0.05) is 30.3 Å². The van der Waals surface area contributed by atoms with Crippen LogP contribution in [0.25, 0.3) is 5.69 Å². The van der Waals surface area contributed by atoms with E-state index in [1.54, 1.807) is 22.9 Å². The number of aromatic nitrogens is 2. The van der Waals surface area contributed by atoms with E-state index in [0.29, 0.717) is 25.0 Å². The van der Waals surface area contributed by atoms with E-state index in [4.69, 9.17) is 14.6 Å². The summed E-state index contributed by atoms with van der Waals surface area (Å²) >= 11 is 0. The molecule has 1 heterocycles. The fourth-order valence-corrected chi connectivity index (χ4v) is 3.86. The maximum Gasteiger partial charge on any atom is 0.227 e. The summed E-state index contributed by atoms with van der Waals surface area (Å²) in [5.74, 6) is 0.206. The predicted molar refractivity (Wildman–Crippen MR) is 130 cm³/mol. The van der Waals surface area contributed by atoms with Gasteiger partial charge in [0, 0.05) is 19.1 Å². The number of para-hydroxylation sites is 2. The highest BCUT2D eigenvalue weighted by atomic mass is 19.1. The van der Waals surface area contributed by atoms with Crippen molar-refractivity contribution in [3.05, 3.63) is 71.7 Å². The minimum atomic E-state index is -0.611. The molecule has 1 atom stereocenters. The molecule has 1 N–H and O–H groups in total. The number of aryl methyl sites for hydroxylation is 1. The van der Waals surface area contributed by atoms with E-state index < -0.39 is 11.9 Å². The predicted octanol–water partition coefficient (Wildman–Crippen LogP) is 5.25. The third-order valence-electron chi connectivity index (χ3n) is 5.76. The van der Waals surface area contributed by atoms with E-state index in [-0.39, 0.29) is 18.0 Å². The van der Waals surface area contributed by atoms with Gasteiger partial charge in [-0.05, 0) is 64.8 Å². The van der Waals surface area contributed by atoms with Gasteiger partial charge in [-0.2, -0.15) is 5.10 Å². The lowest BCUT2D eigenvalue weighted by molar-refractivity contribution is -0.0573. The van der Waals surface area contributed by atoms with Crippen LogP contribution >= 0.6 is 0 Å². The summed E-state index contributed by atoms with van der Waals surface area (Å²) < 4.78 is 28.2. The first-order valence-electron chi connectivity index (χ1n) is 11.8. The topological polar surface area (TPSA) is 59.8 Å². The number of ether oxygens (including phenoxy) is 2. The van der Waals surface area contributed by atoms with Crippen molar-refractivity contribution in [2.45, 2.75) is 64.8 Å². The minimum Gasteiger partial charge on any atom is -0.435 e. The van der Waals surface area contributed by atoms with Crippen molar-refractivity contribution >= 4 is 0 Å². The number of rotatable bonds is 10. The van der Waals surface area contributed by atoms with Crippen molar-refractivity contribution in [1.82, 2.24) is 14.7 Å². The minimum absolute atomic E-state index is 0.150. The van der Waals surface area contributed by atoms with Crippen molar-refractivity contribution in [2.75, 3.05) is 13.2 Å². The first kappa shape index (κ1) is 24.4. The first-order valence-corrected chi connectivity index (χ1v) is 11.8. The maximum atomic E-state index is 14.5. The Bertz CT molecular complexity index is 1090. The number of aliphatic hydroxyl groups excluding tert-OH is 1. The van der Waals surface area contributed by atoms with Gasteiger partial charge in [-0.15, -0.1) is 0 Å². The molecule has 4 rings (SSSR count). The van der Waals surface area contributed by atoms with Crippen LogP contribution in [-0.4, -0.2) is 50.7 Å². The molecule has 1 aliphatic rings. The smallest absolute Gasteiger partial charge is 0.227 e. The molecule has 0 saturated heterocycles. The lowest BCUT2D eigenvalue weighted by atomic mass is 10.2. The molecule has 1 saturated carbocycles. The van der Waals surface area contributed by atoms with Gasteiger partial charge in [-0.3, -0.25) is 4.90 Å². The van der Waals surface area contributed by atoms with Crippen LogP contribution < -0.4 is 4.74 Å². The van der Waals surface area contributed by atoms with Crippen molar-refractivity contribution in [3.8, 4) is 17.3 Å². The Labute approximate surface area is 200 Å². The third kappa shape index (κ3) is 6.23. The Morgan fingerprint density at radius 1 is 1.12 bits per heavy atom. The second kappa shape index (κ2) is 10.3. The summed E-state index contributed by atoms with van der Waals surface area (Å²) in [7, 11) is 0. The van der Waals surface area contributed by atoms with Gasteiger partial charge < -0.3 is 14.6 Å². The number of hydrogen-bond donors (Lipinski definition) is 1. The van der Waals surface area contributed by atoms with Crippen molar-refractivity contribution in [3.63, 3.8) is 0 Å². The molecule has 1 aromatic heterocycles. The van der Waals surface area contributed by atoms with Gasteiger partial charge in [0.05, 0.1) is 35.3 Å². The molecule has 0 unspecified atom stereocenters. The number of hydrogen-bond acceptors (Lipinski definition) is 5. The first-order chi connectivity index (χ1) is 16.2. The van der Waals surface area contributed by atoms with E-state index in [0.717, 1.165) is 29.8 Å². The Morgan fingerprint density at radius 2 is 1.79 bits per heavy atom. The molecule has 7 heteroatoms. The molecule has 0 amide bonds. The summed E-state index contributed by atoms with van der Waals surface area (Å²) in [6.45, 7) is 9.17. The van der Waals surface area contributed by atoms with Crippen LogP contribution in [0.15, 0.2) is 54.6 Å². The number of aliphatic hydroxyl groups is 1. The van der Waals surface area contributed by atoms with Crippen molar-refractivity contribution in [1.29, 1.82) is 0 Å². The maximum absolute atomic E-state index is 14.5. The number of benzene rings is 2. The fourth-order valence-electron chi connectivity index (χ4n) is 3.86. The fraction of sp³-hybridized carbons (Fsp3) is 0.444. The molecule has 6 nitrogen and oxygen atoms in total. The normalized spacial score (nSPS) is 15.0. The largest absolute Gasteiger partial charge is 0.435 e. The second-order valence-electron chi connectivity index (χ2n) is 9.89. The Kier molecular flexibility index (Phi) is 7.36. The zero-order chi connectivity index (χ0) is 24.3. The van der Waals surface area contributed by atoms with Crippen LogP contribution in [-0.2, 0) is 11.3 Å². The van der Waals surface area contributed by atoms with E-state index in [2.05, 4.69) is 4.90 Å². The Hall–Kier alpha value is -2.74. The average molecular weight is 468 g/mol. The molecule has 3 aromatic rings. The molecular formula is C27H34FN3O3. The lowest BCUT2D eigenvalue weighted by Gasteiger charge is -2.27. The van der Waals surface area contributed by atoms with Gasteiger partial charge in [0.2, 0.25) is 5.88 Å².